The van der Waals surface area contributed by atoms with E-state index in [-0.39, 0.29) is 18.0 Å². The maximum Gasteiger partial charge on any atom is 0.410 e. The van der Waals surface area contributed by atoms with E-state index in [1.165, 1.54) is 12.4 Å². The number of fused-ring (bicyclic) bond motifs is 1. The first-order valence-electron chi connectivity index (χ1n) is 19.8. The Bertz CT molecular complexity index is 3120. The van der Waals surface area contributed by atoms with Crippen LogP contribution in [-0.2, 0) is 6.54 Å². The van der Waals surface area contributed by atoms with Crippen LogP contribution in [0.4, 0.5) is 87.8 Å². The van der Waals surface area contributed by atoms with Gasteiger partial charge in [0.15, 0.2) is 76.0 Å². The van der Waals surface area contributed by atoms with E-state index in [2.05, 4.69) is 4.98 Å². The van der Waals surface area contributed by atoms with Crippen molar-refractivity contribution in [2.75, 3.05) is 0 Å². The Balaban J connectivity index is 0.000000237. The molecule has 0 N–H and O–H groups in total. The molecule has 0 saturated carbocycles. The number of esters is 1. The first kappa shape index (κ1) is 52.5. The second-order valence-electron chi connectivity index (χ2n) is 15.1. The molecule has 73 heavy (non-hydrogen) atoms. The highest BCUT2D eigenvalue weighted by atomic mass is 19.2. The van der Waals surface area contributed by atoms with E-state index in [1.54, 1.807) is 35.0 Å². The zero-order chi connectivity index (χ0) is 53.7. The van der Waals surface area contributed by atoms with Gasteiger partial charge in [-0.2, -0.15) is 4.57 Å². The number of benzene rings is 5. The Morgan fingerprint density at radius 1 is 0.425 bits per heavy atom. The Morgan fingerprint density at radius 3 is 1.05 bits per heavy atom. The number of ether oxygens (including phenoxy) is 1. The van der Waals surface area contributed by atoms with Gasteiger partial charge in [0.05, 0.1) is 6.20 Å². The summed E-state index contributed by atoms with van der Waals surface area (Å²) in [6, 6.07) is 22.3. The van der Waals surface area contributed by atoms with Gasteiger partial charge in [0, 0.05) is 5.56 Å². The van der Waals surface area contributed by atoms with Gasteiger partial charge in [0.1, 0.15) is 64.6 Å². The molecule has 6 aromatic rings. The van der Waals surface area contributed by atoms with Crippen LogP contribution >= 0.6 is 0 Å². The summed E-state index contributed by atoms with van der Waals surface area (Å²) in [7, 11) is 0. The third kappa shape index (κ3) is 8.72. The zero-order valence-electron chi connectivity index (χ0n) is 35.1. The van der Waals surface area contributed by atoms with Crippen molar-refractivity contribution in [2.45, 2.75) is 6.54 Å². The number of carbonyl (C=O) groups is 2. The molecule has 26 heteroatoms. The summed E-state index contributed by atoms with van der Waals surface area (Å²) in [6.07, 6.45) is -2.68. The number of Topliss-reactive ketones (excluding diaryl/α,β-unsaturated/α-hetero) is 1. The number of nitrogens with zero attached hydrogens (tertiary/aromatic N) is 2. The minimum atomic E-state index is -7.22. The Hall–Kier alpha value is -8.32. The molecule has 0 bridgehead atoms. The fourth-order valence-corrected chi connectivity index (χ4v) is 7.84. The largest absolute Gasteiger partial charge is 0.418 e. The highest BCUT2D eigenvalue weighted by Gasteiger charge is 2.52. The molecule has 0 radical (unpaired) electrons. The number of hydrogen-bond acceptors (Lipinski definition) is 4. The summed E-state index contributed by atoms with van der Waals surface area (Å²) in [5.41, 5.74) is -11.6. The maximum absolute atomic E-state index is 15.4. The molecule has 1 aromatic heterocycles. The van der Waals surface area contributed by atoms with Gasteiger partial charge in [-0.3, -0.25) is 9.78 Å². The zero-order valence-corrected chi connectivity index (χ0v) is 35.1. The second-order valence-corrected chi connectivity index (χ2v) is 15.1. The number of hydrogen-bond donors (Lipinski definition) is 0. The summed E-state index contributed by atoms with van der Waals surface area (Å²) >= 11 is 0. The van der Waals surface area contributed by atoms with Crippen molar-refractivity contribution in [3.05, 3.63) is 219 Å². The first-order valence-corrected chi connectivity index (χ1v) is 19.8. The van der Waals surface area contributed by atoms with Crippen LogP contribution in [0.3, 0.4) is 0 Å². The maximum atomic E-state index is 15.4. The van der Waals surface area contributed by atoms with Crippen LogP contribution in [0.2, 0.25) is 0 Å². The molecule has 5 aromatic carbocycles. The van der Waals surface area contributed by atoms with Crippen molar-refractivity contribution < 1.29 is 107 Å². The van der Waals surface area contributed by atoms with Crippen LogP contribution in [0.15, 0.2) is 91.4 Å². The average molecular weight is 1050 g/mol. The van der Waals surface area contributed by atoms with Crippen LogP contribution in [0.5, 0.6) is 5.75 Å². The van der Waals surface area contributed by atoms with E-state index >= 15 is 35.1 Å². The van der Waals surface area contributed by atoms with Gasteiger partial charge in [-0.15, -0.1) is 21.9 Å². The normalized spacial score (nSPS) is 11.5. The molecule has 0 fully saturated rings. The fraction of sp³-hybridized carbons (Fsp3) is 0.0213. The summed E-state index contributed by atoms with van der Waals surface area (Å²) < 4.78 is 301. The van der Waals surface area contributed by atoms with E-state index in [0.717, 1.165) is 11.1 Å². The first-order chi connectivity index (χ1) is 34.4. The number of rotatable bonds is 9. The molecule has 376 valence electrons. The molecule has 8 rings (SSSR count). The molecule has 0 amide bonds. The Kier molecular flexibility index (Phi) is 14.4. The van der Waals surface area contributed by atoms with E-state index < -0.39 is 150 Å². The third-order valence-corrected chi connectivity index (χ3v) is 11.1. The minimum Gasteiger partial charge on any atom is -0.418 e. The van der Waals surface area contributed by atoms with Crippen LogP contribution in [-0.4, -0.2) is 22.9 Å². The lowest BCUT2D eigenvalue weighted by atomic mass is 9.12. The standard InChI is InChI=1S/C24BF20.C23H17N2O3/c26-5-1(6(27)14(35)21(42)13(5)34)25(2-7(28)15(36)22(43)16(37)8(2)29,3-9(30)17(38)23(44)18(39)10(3)31)4-11(32)19(40)24(45)20(41)12(4)33;26-22(17-7-3-1-4-8-17)16-25-12-11-24-15-21(25)23(27)28-20-13-18-9-5-2-6-10-19(18)14-20/h;1-15H,16H2/q-1;+1. The highest BCUT2D eigenvalue weighted by molar-refractivity contribution is 7.20. The Morgan fingerprint density at radius 2 is 0.726 bits per heavy atom. The summed E-state index contributed by atoms with van der Waals surface area (Å²) in [5.74, 6) is -71.6. The second kappa shape index (κ2) is 20.1. The topological polar surface area (TPSA) is 60.1 Å². The van der Waals surface area contributed by atoms with Gasteiger partial charge < -0.3 is 4.74 Å². The van der Waals surface area contributed by atoms with Gasteiger partial charge in [-0.25, -0.2) is 92.6 Å². The number of aromatic nitrogens is 2. The van der Waals surface area contributed by atoms with Gasteiger partial charge >= 0.3 is 11.7 Å². The van der Waals surface area contributed by atoms with E-state index in [9.17, 15) is 62.3 Å². The predicted octanol–water partition coefficient (Wildman–Crippen LogP) is 9.42. The molecule has 0 atom stereocenters. The molecule has 0 aliphatic heterocycles. The highest BCUT2D eigenvalue weighted by Crippen LogP contribution is 2.32. The molecule has 0 spiro atoms. The van der Waals surface area contributed by atoms with Crippen molar-refractivity contribution in [1.29, 1.82) is 0 Å². The SMILES string of the molecule is Fc1c(F)c(F)c([B-](c2c(F)c(F)c(F)c(F)c2F)(c2c(F)c(F)c(F)c(F)c2F)c2c(F)c(F)c(F)c(F)c2F)c(F)c1F.O=C(C[n+]1ccncc1C(=O)Oc1cc2cccccc-2c1)c1ccccc1. The lowest BCUT2D eigenvalue weighted by Gasteiger charge is -2.44. The van der Waals surface area contributed by atoms with Crippen LogP contribution < -0.4 is 31.2 Å². The van der Waals surface area contributed by atoms with Crippen LogP contribution in [0.25, 0.3) is 11.1 Å². The summed E-state index contributed by atoms with van der Waals surface area (Å²) in [6.45, 7) is 0.0236. The van der Waals surface area contributed by atoms with E-state index in [4.69, 9.17) is 4.74 Å². The summed E-state index contributed by atoms with van der Waals surface area (Å²) in [5, 5.41) is 0. The molecule has 1 heterocycles. The van der Waals surface area contributed by atoms with Gasteiger partial charge in [0.25, 0.3) is 0 Å². The number of halogens is 20. The average Bonchev–Trinajstić information content (AvgIpc) is 3.63. The van der Waals surface area contributed by atoms with E-state index in [1.807, 2.05) is 48.5 Å². The van der Waals surface area contributed by atoms with Crippen molar-refractivity contribution in [2.24, 2.45) is 0 Å². The molecular weight excluding hydrogens is 1030 g/mol. The fourth-order valence-electron chi connectivity index (χ4n) is 7.84. The smallest absolute Gasteiger partial charge is 0.410 e. The molecule has 0 unspecified atom stereocenters. The van der Waals surface area contributed by atoms with E-state index in [0.29, 0.717) is 11.3 Å². The molecular formula is C47H17BF20N2O3. The molecule has 2 aliphatic rings. The van der Waals surface area contributed by atoms with Crippen molar-refractivity contribution in [3.63, 3.8) is 0 Å². The molecule has 5 nitrogen and oxygen atoms in total. The summed E-state index contributed by atoms with van der Waals surface area (Å²) in [4.78, 5) is 29.2. The van der Waals surface area contributed by atoms with Crippen molar-refractivity contribution in [1.82, 2.24) is 4.98 Å². The molecule has 2 aliphatic carbocycles. The number of ketones is 1. The Labute approximate surface area is 393 Å². The van der Waals surface area contributed by atoms with Gasteiger partial charge in [-0.1, -0.05) is 60.7 Å². The van der Waals surface area contributed by atoms with Crippen LogP contribution in [0, 0.1) is 116 Å². The van der Waals surface area contributed by atoms with Crippen LogP contribution in [0.1, 0.15) is 20.8 Å². The lowest BCUT2D eigenvalue weighted by molar-refractivity contribution is -0.686. The predicted molar refractivity (Wildman–Crippen MR) is 212 cm³/mol. The monoisotopic (exact) mass is 1050 g/mol. The van der Waals surface area contributed by atoms with Crippen molar-refractivity contribution >= 4 is 39.7 Å². The number of carbonyl (C=O) groups excluding carboxylic acids is 2. The van der Waals surface area contributed by atoms with Gasteiger partial charge in [0.2, 0.25) is 12.3 Å². The quantitative estimate of drug-likeness (QED) is 0.0275. The van der Waals surface area contributed by atoms with Gasteiger partial charge in [-0.05, 0) is 23.3 Å². The minimum absolute atomic E-state index is 0.0236. The third-order valence-electron chi connectivity index (χ3n) is 11.1. The molecule has 0 saturated heterocycles. The lowest BCUT2D eigenvalue weighted by Crippen LogP contribution is -2.81. The van der Waals surface area contributed by atoms with Crippen molar-refractivity contribution in [3.8, 4) is 16.9 Å².